The van der Waals surface area contributed by atoms with Gasteiger partial charge in [0.1, 0.15) is 0 Å². The van der Waals surface area contributed by atoms with Crippen LogP contribution in [-0.4, -0.2) is 18.5 Å². The smallest absolute Gasteiger partial charge is 0.269 e. The maximum absolute atomic E-state index is 10.4. The number of nitrogens with one attached hydrogen (secondary N) is 1. The highest BCUT2D eigenvalue weighted by Crippen LogP contribution is 2.12. The second-order valence-electron chi connectivity index (χ2n) is 3.14. The van der Waals surface area contributed by atoms with Crippen LogP contribution in [0.25, 0.3) is 6.08 Å². The van der Waals surface area contributed by atoms with Crippen molar-refractivity contribution in [1.29, 1.82) is 0 Å². The predicted octanol–water partition coefficient (Wildman–Crippen LogP) is 2.22. The maximum atomic E-state index is 10.4. The van der Waals surface area contributed by atoms with Gasteiger partial charge in [0.15, 0.2) is 0 Å². The van der Waals surface area contributed by atoms with Crippen LogP contribution in [0.1, 0.15) is 12.0 Å². The SMILES string of the molecule is CNCCC=Cc1ccc([N+](=O)[O-])cc1. The minimum absolute atomic E-state index is 0.127. The zero-order valence-corrected chi connectivity index (χ0v) is 8.64. The Morgan fingerprint density at radius 3 is 2.60 bits per heavy atom. The lowest BCUT2D eigenvalue weighted by Gasteiger charge is -1.94. The number of hydrogen-bond acceptors (Lipinski definition) is 3. The third-order valence-corrected chi connectivity index (χ3v) is 1.98. The Bertz CT molecular complexity index is 344. The molecule has 0 aromatic heterocycles. The van der Waals surface area contributed by atoms with Gasteiger partial charge in [-0.05, 0) is 37.7 Å². The van der Waals surface area contributed by atoms with Crippen LogP contribution in [0, 0.1) is 10.1 Å². The Hall–Kier alpha value is -1.68. The number of rotatable bonds is 5. The number of hydrogen-bond donors (Lipinski definition) is 1. The summed E-state index contributed by atoms with van der Waals surface area (Å²) in [4.78, 5) is 10.00. The van der Waals surface area contributed by atoms with Crippen molar-refractivity contribution < 1.29 is 4.92 Å². The van der Waals surface area contributed by atoms with Crippen LogP contribution in [0.5, 0.6) is 0 Å². The van der Waals surface area contributed by atoms with Gasteiger partial charge >= 0.3 is 0 Å². The standard InChI is InChI=1S/C11H14N2O2/c1-12-9-3-2-4-10-5-7-11(8-6-10)13(14)15/h2,4-8,12H,3,9H2,1H3. The fourth-order valence-corrected chi connectivity index (χ4v) is 1.15. The Kier molecular flexibility index (Phi) is 4.50. The van der Waals surface area contributed by atoms with Gasteiger partial charge in [0, 0.05) is 12.1 Å². The summed E-state index contributed by atoms with van der Waals surface area (Å²) in [5.41, 5.74) is 1.11. The molecule has 0 aliphatic carbocycles. The lowest BCUT2D eigenvalue weighted by molar-refractivity contribution is -0.384. The van der Waals surface area contributed by atoms with Gasteiger partial charge < -0.3 is 5.32 Å². The Labute approximate surface area is 88.8 Å². The van der Waals surface area contributed by atoms with Gasteiger partial charge in [-0.3, -0.25) is 10.1 Å². The summed E-state index contributed by atoms with van der Waals surface area (Å²) in [7, 11) is 1.90. The minimum atomic E-state index is -0.394. The fourth-order valence-electron chi connectivity index (χ4n) is 1.15. The number of non-ortho nitro benzene ring substituents is 1. The number of nitrogens with zero attached hydrogens (tertiary/aromatic N) is 1. The van der Waals surface area contributed by atoms with Crippen molar-refractivity contribution in [1.82, 2.24) is 5.32 Å². The molecule has 0 aliphatic rings. The monoisotopic (exact) mass is 206 g/mol. The van der Waals surface area contributed by atoms with Gasteiger partial charge in [0.2, 0.25) is 0 Å². The van der Waals surface area contributed by atoms with E-state index in [0.29, 0.717) is 0 Å². The molecule has 15 heavy (non-hydrogen) atoms. The van der Waals surface area contributed by atoms with E-state index in [4.69, 9.17) is 0 Å². The number of benzene rings is 1. The van der Waals surface area contributed by atoms with E-state index in [1.165, 1.54) is 12.1 Å². The van der Waals surface area contributed by atoms with Crippen molar-refractivity contribution in [2.75, 3.05) is 13.6 Å². The van der Waals surface area contributed by atoms with E-state index in [9.17, 15) is 10.1 Å². The van der Waals surface area contributed by atoms with Crippen LogP contribution in [0.4, 0.5) is 5.69 Å². The van der Waals surface area contributed by atoms with E-state index in [1.54, 1.807) is 12.1 Å². The van der Waals surface area contributed by atoms with Crippen LogP contribution in [-0.2, 0) is 0 Å². The summed E-state index contributed by atoms with van der Waals surface area (Å²) in [6, 6.07) is 6.51. The van der Waals surface area contributed by atoms with Crippen molar-refractivity contribution in [2.24, 2.45) is 0 Å². The first-order valence-electron chi connectivity index (χ1n) is 4.79. The van der Waals surface area contributed by atoms with Crippen LogP contribution in [0.2, 0.25) is 0 Å². The van der Waals surface area contributed by atoms with Gasteiger partial charge in [-0.2, -0.15) is 0 Å². The molecule has 0 unspecified atom stereocenters. The van der Waals surface area contributed by atoms with E-state index in [2.05, 4.69) is 5.32 Å². The van der Waals surface area contributed by atoms with E-state index >= 15 is 0 Å². The highest BCUT2D eigenvalue weighted by molar-refractivity contribution is 5.51. The molecular weight excluding hydrogens is 192 g/mol. The van der Waals surface area contributed by atoms with Gasteiger partial charge in [0.05, 0.1) is 4.92 Å². The maximum Gasteiger partial charge on any atom is 0.269 e. The first kappa shape index (κ1) is 11.4. The topological polar surface area (TPSA) is 55.2 Å². The lowest BCUT2D eigenvalue weighted by Crippen LogP contribution is -2.05. The molecule has 0 bridgehead atoms. The van der Waals surface area contributed by atoms with E-state index in [-0.39, 0.29) is 5.69 Å². The van der Waals surface area contributed by atoms with Crippen LogP contribution in [0.15, 0.2) is 30.3 Å². The van der Waals surface area contributed by atoms with E-state index in [0.717, 1.165) is 18.5 Å². The zero-order valence-electron chi connectivity index (χ0n) is 8.64. The molecule has 0 fully saturated rings. The normalized spacial score (nSPS) is 10.7. The van der Waals surface area contributed by atoms with Gasteiger partial charge in [0.25, 0.3) is 5.69 Å². The first-order chi connectivity index (χ1) is 7.24. The molecule has 0 spiro atoms. The Morgan fingerprint density at radius 2 is 2.07 bits per heavy atom. The molecule has 0 saturated carbocycles. The van der Waals surface area contributed by atoms with Crippen molar-refractivity contribution in [2.45, 2.75) is 6.42 Å². The third-order valence-electron chi connectivity index (χ3n) is 1.98. The highest BCUT2D eigenvalue weighted by Gasteiger charge is 2.01. The molecule has 0 radical (unpaired) electrons. The van der Waals surface area contributed by atoms with Crippen molar-refractivity contribution in [3.8, 4) is 0 Å². The van der Waals surface area contributed by atoms with E-state index in [1.807, 2.05) is 19.2 Å². The van der Waals surface area contributed by atoms with Crippen molar-refractivity contribution in [3.05, 3.63) is 46.0 Å². The van der Waals surface area contributed by atoms with E-state index < -0.39 is 4.92 Å². The average molecular weight is 206 g/mol. The predicted molar refractivity (Wildman–Crippen MR) is 60.7 cm³/mol. The molecule has 1 rings (SSSR count). The second kappa shape index (κ2) is 5.93. The lowest BCUT2D eigenvalue weighted by atomic mass is 10.2. The molecule has 0 saturated heterocycles. The van der Waals surface area contributed by atoms with Crippen molar-refractivity contribution in [3.63, 3.8) is 0 Å². The molecular formula is C11H14N2O2. The molecule has 1 N–H and O–H groups in total. The summed E-state index contributed by atoms with van der Waals surface area (Å²) < 4.78 is 0. The van der Waals surface area contributed by atoms with Gasteiger partial charge in [-0.25, -0.2) is 0 Å². The summed E-state index contributed by atoms with van der Waals surface area (Å²) in [5.74, 6) is 0. The summed E-state index contributed by atoms with van der Waals surface area (Å²) in [5, 5.41) is 13.4. The summed E-state index contributed by atoms with van der Waals surface area (Å²) >= 11 is 0. The second-order valence-corrected chi connectivity index (χ2v) is 3.14. The Balaban J connectivity index is 2.56. The molecule has 4 heteroatoms. The van der Waals surface area contributed by atoms with Crippen LogP contribution < -0.4 is 5.32 Å². The molecule has 1 aromatic rings. The van der Waals surface area contributed by atoms with Crippen LogP contribution >= 0.6 is 0 Å². The molecule has 80 valence electrons. The van der Waals surface area contributed by atoms with Gasteiger partial charge in [-0.15, -0.1) is 0 Å². The highest BCUT2D eigenvalue weighted by atomic mass is 16.6. The number of nitro groups is 1. The number of nitro benzene ring substituents is 1. The molecule has 1 aromatic carbocycles. The zero-order chi connectivity index (χ0) is 11.1. The summed E-state index contributed by atoms with van der Waals surface area (Å²) in [6.45, 7) is 0.934. The summed E-state index contributed by atoms with van der Waals surface area (Å²) in [6.07, 6.45) is 4.95. The molecule has 0 atom stereocenters. The first-order valence-corrected chi connectivity index (χ1v) is 4.79. The third kappa shape index (κ3) is 3.91. The fraction of sp³-hybridized carbons (Fsp3) is 0.273. The minimum Gasteiger partial charge on any atom is -0.319 e. The largest absolute Gasteiger partial charge is 0.319 e. The molecule has 0 heterocycles. The Morgan fingerprint density at radius 1 is 1.40 bits per heavy atom. The van der Waals surface area contributed by atoms with Crippen molar-refractivity contribution >= 4 is 11.8 Å². The molecule has 0 aliphatic heterocycles. The quantitative estimate of drug-likeness (QED) is 0.456. The average Bonchev–Trinajstić information content (AvgIpc) is 2.25. The molecule has 4 nitrogen and oxygen atoms in total. The van der Waals surface area contributed by atoms with Gasteiger partial charge in [-0.1, -0.05) is 12.2 Å². The van der Waals surface area contributed by atoms with Crippen LogP contribution in [0.3, 0.4) is 0 Å². The molecule has 0 amide bonds.